The maximum Gasteiger partial charge on any atom is 0.00683 e. The minimum Gasteiger partial charge on any atom is -0.314 e. The molecule has 2 aliphatic carbocycles. The van der Waals surface area contributed by atoms with Gasteiger partial charge in [0.2, 0.25) is 0 Å². The summed E-state index contributed by atoms with van der Waals surface area (Å²) >= 11 is 0. The second-order valence-corrected chi connectivity index (χ2v) is 4.73. The summed E-state index contributed by atoms with van der Waals surface area (Å²) in [4.78, 5) is 0. The van der Waals surface area contributed by atoms with Crippen molar-refractivity contribution in [2.45, 2.75) is 45.6 Å². The van der Waals surface area contributed by atoms with Gasteiger partial charge in [-0.25, -0.2) is 0 Å². The Morgan fingerprint density at radius 2 is 2.17 bits per heavy atom. The van der Waals surface area contributed by atoms with Gasteiger partial charge in [0.1, 0.15) is 0 Å². The Kier molecular flexibility index (Phi) is 2.40. The lowest BCUT2D eigenvalue weighted by molar-refractivity contribution is 0.449. The van der Waals surface area contributed by atoms with E-state index in [1.54, 1.807) is 0 Å². The molecule has 1 N–H and O–H groups in total. The smallest absolute Gasteiger partial charge is 0.00683 e. The minimum absolute atomic E-state index is 0.906. The van der Waals surface area contributed by atoms with E-state index in [1.807, 2.05) is 0 Å². The van der Waals surface area contributed by atoms with Gasteiger partial charge in [-0.15, -0.1) is 0 Å². The van der Waals surface area contributed by atoms with Crippen molar-refractivity contribution in [3.8, 4) is 0 Å². The first-order chi connectivity index (χ1) is 5.81. The van der Waals surface area contributed by atoms with Crippen LogP contribution in [0.2, 0.25) is 0 Å². The van der Waals surface area contributed by atoms with Crippen LogP contribution >= 0.6 is 0 Å². The van der Waals surface area contributed by atoms with E-state index in [1.165, 1.54) is 32.2 Å². The molecule has 0 aromatic rings. The predicted molar refractivity (Wildman–Crippen MR) is 52.1 cm³/mol. The normalized spacial score (nSPS) is 36.5. The molecule has 0 radical (unpaired) electrons. The van der Waals surface area contributed by atoms with Crippen LogP contribution in [0.5, 0.6) is 0 Å². The van der Waals surface area contributed by atoms with Crippen molar-refractivity contribution in [3.63, 3.8) is 0 Å². The second kappa shape index (κ2) is 3.37. The fourth-order valence-electron chi connectivity index (χ4n) is 2.11. The van der Waals surface area contributed by atoms with Gasteiger partial charge in [0.25, 0.3) is 0 Å². The van der Waals surface area contributed by atoms with Gasteiger partial charge in [0, 0.05) is 6.04 Å². The standard InChI is InChI=1S/C11H21N/c1-3-8(2)11-6-9(11)7-12-10-4-5-10/h8-12H,3-7H2,1-2H3. The van der Waals surface area contributed by atoms with Crippen molar-refractivity contribution in [1.29, 1.82) is 0 Å². The Bertz CT molecular complexity index is 151. The van der Waals surface area contributed by atoms with E-state index in [2.05, 4.69) is 19.2 Å². The van der Waals surface area contributed by atoms with Crippen LogP contribution in [0.4, 0.5) is 0 Å². The average molecular weight is 167 g/mol. The molecule has 0 amide bonds. The molecule has 2 saturated carbocycles. The van der Waals surface area contributed by atoms with Crippen LogP contribution < -0.4 is 5.32 Å². The van der Waals surface area contributed by atoms with E-state index >= 15 is 0 Å². The van der Waals surface area contributed by atoms with Gasteiger partial charge in [-0.1, -0.05) is 20.3 Å². The van der Waals surface area contributed by atoms with E-state index in [9.17, 15) is 0 Å². The summed E-state index contributed by atoms with van der Waals surface area (Å²) in [7, 11) is 0. The highest BCUT2D eigenvalue weighted by Crippen LogP contribution is 2.45. The van der Waals surface area contributed by atoms with Gasteiger partial charge in [-0.3, -0.25) is 0 Å². The fourth-order valence-corrected chi connectivity index (χ4v) is 2.11. The molecule has 0 saturated heterocycles. The summed E-state index contributed by atoms with van der Waals surface area (Å²) in [6.45, 7) is 6.02. The summed E-state index contributed by atoms with van der Waals surface area (Å²) in [6, 6.07) is 0.906. The molecule has 3 unspecified atom stereocenters. The van der Waals surface area contributed by atoms with Crippen LogP contribution in [-0.2, 0) is 0 Å². The van der Waals surface area contributed by atoms with Gasteiger partial charge < -0.3 is 5.32 Å². The molecule has 70 valence electrons. The highest BCUT2D eigenvalue weighted by atomic mass is 15.0. The van der Waals surface area contributed by atoms with E-state index in [0.29, 0.717) is 0 Å². The maximum atomic E-state index is 3.63. The summed E-state index contributed by atoms with van der Waals surface area (Å²) in [6.07, 6.45) is 5.72. The molecule has 2 aliphatic rings. The van der Waals surface area contributed by atoms with Crippen LogP contribution in [0.3, 0.4) is 0 Å². The van der Waals surface area contributed by atoms with Crippen molar-refractivity contribution in [3.05, 3.63) is 0 Å². The average Bonchev–Trinajstić information content (AvgIpc) is 2.93. The third kappa shape index (κ3) is 2.01. The number of rotatable bonds is 5. The highest BCUT2D eigenvalue weighted by molar-refractivity contribution is 4.92. The molecule has 0 spiro atoms. The quantitative estimate of drug-likeness (QED) is 0.663. The highest BCUT2D eigenvalue weighted by Gasteiger charge is 2.40. The summed E-state index contributed by atoms with van der Waals surface area (Å²) < 4.78 is 0. The Labute approximate surface area is 75.9 Å². The second-order valence-electron chi connectivity index (χ2n) is 4.73. The van der Waals surface area contributed by atoms with Crippen molar-refractivity contribution in [2.75, 3.05) is 6.54 Å². The van der Waals surface area contributed by atoms with E-state index in [0.717, 1.165) is 23.8 Å². The number of hydrogen-bond acceptors (Lipinski definition) is 1. The predicted octanol–water partition coefficient (Wildman–Crippen LogP) is 2.42. The zero-order valence-corrected chi connectivity index (χ0v) is 8.34. The third-order valence-corrected chi connectivity index (χ3v) is 3.60. The largest absolute Gasteiger partial charge is 0.314 e. The van der Waals surface area contributed by atoms with Gasteiger partial charge in [0.05, 0.1) is 0 Å². The van der Waals surface area contributed by atoms with Crippen molar-refractivity contribution in [1.82, 2.24) is 5.32 Å². The molecule has 0 heterocycles. The molecule has 12 heavy (non-hydrogen) atoms. The molecule has 3 atom stereocenters. The van der Waals surface area contributed by atoms with Crippen molar-refractivity contribution in [2.24, 2.45) is 17.8 Å². The molecule has 0 aliphatic heterocycles. The molecule has 0 aromatic carbocycles. The number of nitrogens with one attached hydrogen (secondary N) is 1. The molecule has 0 bridgehead atoms. The van der Waals surface area contributed by atoms with Crippen LogP contribution in [0, 0.1) is 17.8 Å². The first-order valence-corrected chi connectivity index (χ1v) is 5.54. The topological polar surface area (TPSA) is 12.0 Å². The minimum atomic E-state index is 0.906. The zero-order valence-electron chi connectivity index (χ0n) is 8.34. The molecular formula is C11H21N. The third-order valence-electron chi connectivity index (χ3n) is 3.60. The van der Waals surface area contributed by atoms with E-state index in [4.69, 9.17) is 0 Å². The van der Waals surface area contributed by atoms with Gasteiger partial charge >= 0.3 is 0 Å². The van der Waals surface area contributed by atoms with E-state index < -0.39 is 0 Å². The molecule has 2 fully saturated rings. The lowest BCUT2D eigenvalue weighted by Crippen LogP contribution is -2.20. The van der Waals surface area contributed by atoms with Crippen molar-refractivity contribution >= 4 is 0 Å². The Morgan fingerprint density at radius 1 is 1.42 bits per heavy atom. The van der Waals surface area contributed by atoms with Gasteiger partial charge in [-0.2, -0.15) is 0 Å². The van der Waals surface area contributed by atoms with Gasteiger partial charge in [0.15, 0.2) is 0 Å². The monoisotopic (exact) mass is 167 g/mol. The first kappa shape index (κ1) is 8.55. The van der Waals surface area contributed by atoms with Crippen LogP contribution in [0.15, 0.2) is 0 Å². The molecule has 0 aromatic heterocycles. The number of hydrogen-bond donors (Lipinski definition) is 1. The first-order valence-electron chi connectivity index (χ1n) is 5.54. The fraction of sp³-hybridized carbons (Fsp3) is 1.00. The molecule has 1 nitrogen and oxygen atoms in total. The Morgan fingerprint density at radius 3 is 2.75 bits per heavy atom. The lowest BCUT2D eigenvalue weighted by Gasteiger charge is -2.07. The van der Waals surface area contributed by atoms with Crippen molar-refractivity contribution < 1.29 is 0 Å². The molecule has 2 rings (SSSR count). The SMILES string of the molecule is CCC(C)C1CC1CNC1CC1. The maximum absolute atomic E-state index is 3.63. The summed E-state index contributed by atoms with van der Waals surface area (Å²) in [5.74, 6) is 3.05. The Balaban J connectivity index is 1.59. The summed E-state index contributed by atoms with van der Waals surface area (Å²) in [5, 5.41) is 3.63. The van der Waals surface area contributed by atoms with Crippen LogP contribution in [-0.4, -0.2) is 12.6 Å². The van der Waals surface area contributed by atoms with E-state index in [-0.39, 0.29) is 0 Å². The van der Waals surface area contributed by atoms with Gasteiger partial charge in [-0.05, 0) is 43.6 Å². The lowest BCUT2D eigenvalue weighted by atomic mass is 10.0. The molecule has 1 heteroatoms. The summed E-state index contributed by atoms with van der Waals surface area (Å²) in [5.41, 5.74) is 0. The Hall–Kier alpha value is -0.0400. The van der Waals surface area contributed by atoms with Crippen LogP contribution in [0.25, 0.3) is 0 Å². The van der Waals surface area contributed by atoms with Crippen LogP contribution in [0.1, 0.15) is 39.5 Å². The zero-order chi connectivity index (χ0) is 8.55. The molecular weight excluding hydrogens is 146 g/mol.